The molecule has 1 aliphatic rings. The van der Waals surface area contributed by atoms with E-state index in [0.29, 0.717) is 12.2 Å². The average molecular weight is 344 g/mol. The lowest BCUT2D eigenvalue weighted by Crippen LogP contribution is -2.38. The number of sulfonamides is 1. The molecule has 8 heteroatoms. The summed E-state index contributed by atoms with van der Waals surface area (Å²) in [7, 11) is -1.79. The lowest BCUT2D eigenvalue weighted by molar-refractivity contribution is 0.0376. The van der Waals surface area contributed by atoms with E-state index in [1.807, 2.05) is 20.8 Å². The molecule has 0 amide bonds. The van der Waals surface area contributed by atoms with E-state index in [1.54, 1.807) is 17.9 Å². The largest absolute Gasteiger partial charge is 0.379 e. The standard InChI is InChI=1S/C15H28N4O3S/c1-15(2,3)14-13(12-18(4)17-14)23(20,21)16-6-5-7-19-8-10-22-11-9-19/h12,16H,5-11H2,1-4H3. The van der Waals surface area contributed by atoms with Crippen LogP contribution in [0.5, 0.6) is 0 Å². The molecule has 1 saturated heterocycles. The molecule has 1 N–H and O–H groups in total. The Labute approximate surface area is 139 Å². The third kappa shape index (κ3) is 5.00. The van der Waals surface area contributed by atoms with Crippen molar-refractivity contribution in [2.45, 2.75) is 37.5 Å². The number of hydrogen-bond donors (Lipinski definition) is 1. The molecule has 1 fully saturated rings. The van der Waals surface area contributed by atoms with Crippen molar-refractivity contribution in [1.29, 1.82) is 0 Å². The van der Waals surface area contributed by atoms with Crippen LogP contribution in [-0.2, 0) is 27.2 Å². The first kappa shape index (κ1) is 18.4. The monoisotopic (exact) mass is 344 g/mol. The Balaban J connectivity index is 1.94. The van der Waals surface area contributed by atoms with E-state index < -0.39 is 10.0 Å². The van der Waals surface area contributed by atoms with Gasteiger partial charge in [0.25, 0.3) is 0 Å². The van der Waals surface area contributed by atoms with E-state index in [0.717, 1.165) is 39.3 Å². The zero-order valence-corrected chi connectivity index (χ0v) is 15.3. The molecule has 132 valence electrons. The van der Waals surface area contributed by atoms with Crippen molar-refractivity contribution in [3.05, 3.63) is 11.9 Å². The van der Waals surface area contributed by atoms with Crippen molar-refractivity contribution in [1.82, 2.24) is 19.4 Å². The summed E-state index contributed by atoms with van der Waals surface area (Å²) in [5.41, 5.74) is 0.278. The first-order valence-corrected chi connectivity index (χ1v) is 9.52. The highest BCUT2D eigenvalue weighted by atomic mass is 32.2. The summed E-state index contributed by atoms with van der Waals surface area (Å²) in [5, 5.41) is 4.33. The summed E-state index contributed by atoms with van der Waals surface area (Å²) in [5.74, 6) is 0. The maximum absolute atomic E-state index is 12.6. The maximum Gasteiger partial charge on any atom is 0.243 e. The second-order valence-electron chi connectivity index (χ2n) is 6.97. The molecule has 2 rings (SSSR count). The van der Waals surface area contributed by atoms with Gasteiger partial charge in [0.15, 0.2) is 0 Å². The van der Waals surface area contributed by atoms with Crippen molar-refractivity contribution in [2.75, 3.05) is 39.4 Å². The van der Waals surface area contributed by atoms with Crippen LogP contribution in [-0.4, -0.2) is 62.5 Å². The predicted molar refractivity (Wildman–Crippen MR) is 89.0 cm³/mol. The van der Waals surface area contributed by atoms with E-state index in [-0.39, 0.29) is 10.3 Å². The van der Waals surface area contributed by atoms with Crippen LogP contribution in [0, 0.1) is 0 Å². The first-order valence-electron chi connectivity index (χ1n) is 8.04. The second-order valence-corrected chi connectivity index (χ2v) is 8.71. The highest BCUT2D eigenvalue weighted by Gasteiger charge is 2.29. The molecule has 23 heavy (non-hydrogen) atoms. The molecule has 1 aliphatic heterocycles. The summed E-state index contributed by atoms with van der Waals surface area (Å²) in [6.07, 6.45) is 2.36. The Hall–Kier alpha value is -0.960. The van der Waals surface area contributed by atoms with Gasteiger partial charge in [-0.1, -0.05) is 20.8 Å². The van der Waals surface area contributed by atoms with Gasteiger partial charge in [-0.3, -0.25) is 9.58 Å². The Morgan fingerprint density at radius 1 is 1.30 bits per heavy atom. The predicted octanol–water partition coefficient (Wildman–Crippen LogP) is 0.718. The van der Waals surface area contributed by atoms with Crippen molar-refractivity contribution >= 4 is 10.0 Å². The van der Waals surface area contributed by atoms with Gasteiger partial charge in [0, 0.05) is 38.3 Å². The van der Waals surface area contributed by atoms with Gasteiger partial charge in [0.1, 0.15) is 4.90 Å². The number of hydrogen-bond acceptors (Lipinski definition) is 5. The topological polar surface area (TPSA) is 76.5 Å². The molecule has 1 aromatic rings. The number of nitrogens with zero attached hydrogens (tertiary/aromatic N) is 3. The summed E-state index contributed by atoms with van der Waals surface area (Å²) >= 11 is 0. The molecular weight excluding hydrogens is 316 g/mol. The molecule has 0 spiro atoms. The van der Waals surface area contributed by atoms with Gasteiger partial charge >= 0.3 is 0 Å². The Kier molecular flexibility index (Phi) is 5.83. The zero-order chi connectivity index (χ0) is 17.1. The second kappa shape index (κ2) is 7.29. The fourth-order valence-corrected chi connectivity index (χ4v) is 4.06. The molecule has 7 nitrogen and oxygen atoms in total. The van der Waals surface area contributed by atoms with E-state index in [9.17, 15) is 8.42 Å². The average Bonchev–Trinajstić information content (AvgIpc) is 2.88. The molecule has 0 radical (unpaired) electrons. The van der Waals surface area contributed by atoms with Crippen LogP contribution in [0.25, 0.3) is 0 Å². The van der Waals surface area contributed by atoms with Crippen LogP contribution >= 0.6 is 0 Å². The molecule has 2 heterocycles. The number of aromatic nitrogens is 2. The minimum atomic E-state index is -3.53. The highest BCUT2D eigenvalue weighted by molar-refractivity contribution is 7.89. The number of morpholine rings is 1. The van der Waals surface area contributed by atoms with E-state index in [4.69, 9.17) is 4.74 Å². The summed E-state index contributed by atoms with van der Waals surface area (Å²) < 4.78 is 34.7. The van der Waals surface area contributed by atoms with E-state index in [1.165, 1.54) is 0 Å². The highest BCUT2D eigenvalue weighted by Crippen LogP contribution is 2.27. The smallest absolute Gasteiger partial charge is 0.243 e. The summed E-state index contributed by atoms with van der Waals surface area (Å²) in [6, 6.07) is 0. The van der Waals surface area contributed by atoms with Gasteiger partial charge in [-0.25, -0.2) is 13.1 Å². The molecule has 0 aromatic carbocycles. The van der Waals surface area contributed by atoms with Gasteiger partial charge in [-0.05, 0) is 13.0 Å². The normalized spacial score (nSPS) is 17.6. The lowest BCUT2D eigenvalue weighted by Gasteiger charge is -2.26. The van der Waals surface area contributed by atoms with Gasteiger partial charge in [-0.15, -0.1) is 0 Å². The minimum absolute atomic E-state index is 0.277. The molecule has 0 aliphatic carbocycles. The molecule has 0 atom stereocenters. The number of aryl methyl sites for hydroxylation is 1. The van der Waals surface area contributed by atoms with Crippen LogP contribution in [0.15, 0.2) is 11.1 Å². The fraction of sp³-hybridized carbons (Fsp3) is 0.800. The maximum atomic E-state index is 12.6. The molecule has 1 aromatic heterocycles. The summed E-state index contributed by atoms with van der Waals surface area (Å²) in [4.78, 5) is 2.57. The molecule has 0 bridgehead atoms. The third-order valence-electron chi connectivity index (χ3n) is 3.84. The molecule has 0 unspecified atom stereocenters. The van der Waals surface area contributed by atoms with Gasteiger partial charge < -0.3 is 4.74 Å². The zero-order valence-electron chi connectivity index (χ0n) is 14.5. The quantitative estimate of drug-likeness (QED) is 0.770. The van der Waals surface area contributed by atoms with Gasteiger partial charge in [0.05, 0.1) is 18.9 Å². The van der Waals surface area contributed by atoms with Crippen molar-refractivity contribution in [3.8, 4) is 0 Å². The number of rotatable bonds is 6. The Morgan fingerprint density at radius 3 is 2.57 bits per heavy atom. The third-order valence-corrected chi connectivity index (χ3v) is 5.30. The Bertz CT molecular complexity index is 613. The van der Waals surface area contributed by atoms with Crippen molar-refractivity contribution in [2.24, 2.45) is 7.05 Å². The van der Waals surface area contributed by atoms with Crippen LogP contribution < -0.4 is 4.72 Å². The van der Waals surface area contributed by atoms with Crippen LogP contribution in [0.3, 0.4) is 0 Å². The SMILES string of the molecule is Cn1cc(S(=O)(=O)NCCCN2CCOCC2)c(C(C)(C)C)n1. The summed E-state index contributed by atoms with van der Waals surface area (Å²) in [6.45, 7) is 10.6. The lowest BCUT2D eigenvalue weighted by atomic mass is 9.92. The van der Waals surface area contributed by atoms with Crippen molar-refractivity contribution in [3.63, 3.8) is 0 Å². The molecule has 0 saturated carbocycles. The van der Waals surface area contributed by atoms with Gasteiger partial charge in [0.2, 0.25) is 10.0 Å². The van der Waals surface area contributed by atoms with Gasteiger partial charge in [-0.2, -0.15) is 5.10 Å². The van der Waals surface area contributed by atoms with E-state index >= 15 is 0 Å². The first-order chi connectivity index (χ1) is 10.7. The molecular formula is C15H28N4O3S. The van der Waals surface area contributed by atoms with Crippen LogP contribution in [0.1, 0.15) is 32.9 Å². The number of nitrogens with one attached hydrogen (secondary N) is 1. The van der Waals surface area contributed by atoms with Crippen LogP contribution in [0.2, 0.25) is 0 Å². The van der Waals surface area contributed by atoms with Crippen molar-refractivity contribution < 1.29 is 13.2 Å². The van der Waals surface area contributed by atoms with Crippen LogP contribution in [0.4, 0.5) is 0 Å². The van der Waals surface area contributed by atoms with E-state index in [2.05, 4.69) is 14.7 Å². The fourth-order valence-electron chi connectivity index (χ4n) is 2.59. The Morgan fingerprint density at radius 2 is 1.96 bits per heavy atom. The minimum Gasteiger partial charge on any atom is -0.379 e. The number of ether oxygens (including phenoxy) is 1.